The zero-order chi connectivity index (χ0) is 13.9. The minimum absolute atomic E-state index is 0.150. The minimum atomic E-state index is -0.150. The van der Waals surface area contributed by atoms with Crippen molar-refractivity contribution in [2.45, 2.75) is 39.2 Å². The molecule has 0 radical (unpaired) electrons. The van der Waals surface area contributed by atoms with Gasteiger partial charge in [0.1, 0.15) is 18.0 Å². The molecule has 106 valence electrons. The monoisotopic (exact) mass is 265 g/mol. The summed E-state index contributed by atoms with van der Waals surface area (Å²) in [5.74, 6) is 7.24. The molecule has 2 rings (SSSR count). The summed E-state index contributed by atoms with van der Waals surface area (Å²) in [6, 6.07) is 0. The smallest absolute Gasteiger partial charge is 0.148 e. The molecule has 0 aromatic carbocycles. The van der Waals surface area contributed by atoms with Gasteiger partial charge in [-0.05, 0) is 20.3 Å². The second-order valence-electron chi connectivity index (χ2n) is 5.45. The van der Waals surface area contributed by atoms with Gasteiger partial charge in [0.05, 0.1) is 12.2 Å². The summed E-state index contributed by atoms with van der Waals surface area (Å²) in [7, 11) is 0. The third kappa shape index (κ3) is 3.13. The summed E-state index contributed by atoms with van der Waals surface area (Å²) >= 11 is 0. The Morgan fingerprint density at radius 1 is 1.47 bits per heavy atom. The number of hydrazine groups is 1. The van der Waals surface area contributed by atoms with Crippen molar-refractivity contribution in [3.63, 3.8) is 0 Å². The molecule has 19 heavy (non-hydrogen) atoms. The van der Waals surface area contributed by atoms with Crippen molar-refractivity contribution in [2.24, 2.45) is 5.84 Å². The van der Waals surface area contributed by atoms with Crippen LogP contribution in [0.5, 0.6) is 0 Å². The largest absolute Gasteiger partial charge is 0.372 e. The fourth-order valence-corrected chi connectivity index (χ4v) is 2.48. The van der Waals surface area contributed by atoms with Gasteiger partial charge in [-0.3, -0.25) is 0 Å². The Morgan fingerprint density at radius 3 is 2.89 bits per heavy atom. The van der Waals surface area contributed by atoms with Crippen molar-refractivity contribution in [3.8, 4) is 0 Å². The predicted molar refractivity (Wildman–Crippen MR) is 76.1 cm³/mol. The highest BCUT2D eigenvalue weighted by molar-refractivity contribution is 5.58. The molecule has 0 amide bonds. The van der Waals surface area contributed by atoms with Gasteiger partial charge < -0.3 is 15.1 Å². The molecule has 1 aliphatic heterocycles. The van der Waals surface area contributed by atoms with Gasteiger partial charge in [0, 0.05) is 18.7 Å². The van der Waals surface area contributed by atoms with E-state index in [1.807, 2.05) is 0 Å². The summed E-state index contributed by atoms with van der Waals surface area (Å²) in [6.07, 6.45) is 3.50. The predicted octanol–water partition coefficient (Wildman–Crippen LogP) is 1.33. The fourth-order valence-electron chi connectivity index (χ4n) is 2.48. The summed E-state index contributed by atoms with van der Waals surface area (Å²) < 4.78 is 5.75. The number of hydrogen-bond donors (Lipinski definition) is 2. The van der Waals surface area contributed by atoms with Crippen LogP contribution in [-0.4, -0.2) is 35.3 Å². The van der Waals surface area contributed by atoms with Crippen LogP contribution in [0.3, 0.4) is 0 Å². The van der Waals surface area contributed by atoms with E-state index in [4.69, 9.17) is 10.6 Å². The standard InChI is InChI=1S/C13H23N5O/c1-4-5-10-11(17-14)15-9-16-12(10)18-6-7-19-13(2,3)8-18/h9H,4-8,14H2,1-3H3,(H,15,16,17). The lowest BCUT2D eigenvalue weighted by atomic mass is 10.1. The number of nitrogen functional groups attached to an aromatic ring is 1. The second kappa shape index (κ2) is 5.71. The van der Waals surface area contributed by atoms with Crippen molar-refractivity contribution in [1.29, 1.82) is 0 Å². The van der Waals surface area contributed by atoms with Crippen molar-refractivity contribution in [3.05, 3.63) is 11.9 Å². The van der Waals surface area contributed by atoms with Gasteiger partial charge in [-0.2, -0.15) is 0 Å². The lowest BCUT2D eigenvalue weighted by molar-refractivity contribution is -0.0279. The number of anilines is 2. The van der Waals surface area contributed by atoms with Gasteiger partial charge in [0.2, 0.25) is 0 Å². The van der Waals surface area contributed by atoms with Crippen molar-refractivity contribution in [1.82, 2.24) is 9.97 Å². The van der Waals surface area contributed by atoms with Crippen LogP contribution in [0.1, 0.15) is 32.8 Å². The van der Waals surface area contributed by atoms with Gasteiger partial charge in [0.15, 0.2) is 0 Å². The van der Waals surface area contributed by atoms with Crippen LogP contribution in [0.4, 0.5) is 11.6 Å². The number of nitrogens with one attached hydrogen (secondary N) is 1. The molecule has 1 aromatic rings. The van der Waals surface area contributed by atoms with Crippen LogP contribution in [0.25, 0.3) is 0 Å². The molecule has 0 unspecified atom stereocenters. The molecule has 1 aromatic heterocycles. The summed E-state index contributed by atoms with van der Waals surface area (Å²) in [5.41, 5.74) is 3.61. The number of rotatable bonds is 4. The fraction of sp³-hybridized carbons (Fsp3) is 0.692. The SMILES string of the molecule is CCCc1c(NN)ncnc1N1CCOC(C)(C)C1. The van der Waals surface area contributed by atoms with Gasteiger partial charge in [0.25, 0.3) is 0 Å². The molecule has 0 spiro atoms. The Hall–Kier alpha value is -1.40. The van der Waals surface area contributed by atoms with Crippen LogP contribution in [0.2, 0.25) is 0 Å². The molecule has 6 nitrogen and oxygen atoms in total. The number of hydrogen-bond acceptors (Lipinski definition) is 6. The number of nitrogens with zero attached hydrogens (tertiary/aromatic N) is 3. The Labute approximate surface area is 114 Å². The molecule has 6 heteroatoms. The molecule has 0 aliphatic carbocycles. The summed E-state index contributed by atoms with van der Waals surface area (Å²) in [6.45, 7) is 8.73. The van der Waals surface area contributed by atoms with Gasteiger partial charge in [-0.1, -0.05) is 13.3 Å². The highest BCUT2D eigenvalue weighted by Crippen LogP contribution is 2.28. The van der Waals surface area contributed by atoms with Crippen molar-refractivity contribution in [2.75, 3.05) is 30.0 Å². The van der Waals surface area contributed by atoms with E-state index in [1.165, 1.54) is 0 Å². The van der Waals surface area contributed by atoms with Gasteiger partial charge >= 0.3 is 0 Å². The van der Waals surface area contributed by atoms with E-state index in [0.717, 1.165) is 43.1 Å². The summed E-state index contributed by atoms with van der Waals surface area (Å²) in [4.78, 5) is 10.9. The van der Waals surface area contributed by atoms with Crippen LogP contribution in [-0.2, 0) is 11.2 Å². The first-order valence-corrected chi connectivity index (χ1v) is 6.77. The topological polar surface area (TPSA) is 76.3 Å². The number of aromatic nitrogens is 2. The second-order valence-corrected chi connectivity index (χ2v) is 5.45. The van der Waals surface area contributed by atoms with Crippen LogP contribution < -0.4 is 16.2 Å². The zero-order valence-corrected chi connectivity index (χ0v) is 11.9. The molecule has 2 heterocycles. The molecular formula is C13H23N5O. The first kappa shape index (κ1) is 14.0. The van der Waals surface area contributed by atoms with E-state index < -0.39 is 0 Å². The molecular weight excluding hydrogens is 242 g/mol. The average molecular weight is 265 g/mol. The van der Waals surface area contributed by atoms with Crippen molar-refractivity contribution < 1.29 is 4.74 Å². The van der Waals surface area contributed by atoms with E-state index >= 15 is 0 Å². The number of ether oxygens (including phenoxy) is 1. The lowest BCUT2D eigenvalue weighted by Crippen LogP contribution is -2.49. The molecule has 0 saturated carbocycles. The average Bonchev–Trinajstić information content (AvgIpc) is 2.38. The maximum atomic E-state index is 5.75. The van der Waals surface area contributed by atoms with Crippen LogP contribution >= 0.6 is 0 Å². The first-order chi connectivity index (χ1) is 9.07. The van der Waals surface area contributed by atoms with Gasteiger partial charge in [-0.15, -0.1) is 0 Å². The molecule has 1 saturated heterocycles. The highest BCUT2D eigenvalue weighted by atomic mass is 16.5. The van der Waals surface area contributed by atoms with Gasteiger partial charge in [-0.25, -0.2) is 15.8 Å². The zero-order valence-electron chi connectivity index (χ0n) is 11.9. The number of morpholine rings is 1. The Morgan fingerprint density at radius 2 is 2.26 bits per heavy atom. The normalized spacial score (nSPS) is 18.4. The maximum Gasteiger partial charge on any atom is 0.148 e. The molecule has 1 aliphatic rings. The van der Waals surface area contributed by atoms with E-state index in [0.29, 0.717) is 6.61 Å². The lowest BCUT2D eigenvalue weighted by Gasteiger charge is -2.39. The van der Waals surface area contributed by atoms with Crippen LogP contribution in [0, 0.1) is 0 Å². The minimum Gasteiger partial charge on any atom is -0.372 e. The molecule has 3 N–H and O–H groups in total. The molecule has 0 atom stereocenters. The maximum absolute atomic E-state index is 5.75. The first-order valence-electron chi connectivity index (χ1n) is 6.77. The van der Waals surface area contributed by atoms with E-state index in [1.54, 1.807) is 6.33 Å². The van der Waals surface area contributed by atoms with E-state index in [-0.39, 0.29) is 5.60 Å². The Kier molecular flexibility index (Phi) is 4.21. The Bertz CT molecular complexity index is 435. The quantitative estimate of drug-likeness (QED) is 0.632. The summed E-state index contributed by atoms with van der Waals surface area (Å²) in [5, 5.41) is 0. The van der Waals surface area contributed by atoms with Crippen molar-refractivity contribution >= 4 is 11.6 Å². The highest BCUT2D eigenvalue weighted by Gasteiger charge is 2.29. The molecule has 0 bridgehead atoms. The Balaban J connectivity index is 2.32. The third-order valence-corrected chi connectivity index (χ3v) is 3.28. The van der Waals surface area contributed by atoms with E-state index in [9.17, 15) is 0 Å². The van der Waals surface area contributed by atoms with Crippen LogP contribution in [0.15, 0.2) is 6.33 Å². The third-order valence-electron chi connectivity index (χ3n) is 3.28. The number of nitrogens with two attached hydrogens (primary N) is 1. The van der Waals surface area contributed by atoms with E-state index in [2.05, 4.69) is 41.1 Å². The molecule has 1 fully saturated rings.